The molecular weight excluding hydrogens is 382 g/mol. The standard InChI is InChI=1S/C22H37N5O3/c1-6-8-13-24-19(28)18-11-9-17(10-12-18)16-27-20(23-7-2)25-14-15-26-21(29)30-22(3,4)5/h9-12H,6-8,13-16H2,1-5H3,(H,24,28)(H,26,29)(H2,23,25,27). The van der Waals surface area contributed by atoms with Gasteiger partial charge in [0, 0.05) is 31.7 Å². The van der Waals surface area contributed by atoms with Crippen LogP contribution in [0.5, 0.6) is 0 Å². The molecule has 30 heavy (non-hydrogen) atoms. The Labute approximate surface area is 180 Å². The molecule has 4 N–H and O–H groups in total. The van der Waals surface area contributed by atoms with Gasteiger partial charge in [-0.25, -0.2) is 9.79 Å². The maximum Gasteiger partial charge on any atom is 0.407 e. The third-order valence-electron chi connectivity index (χ3n) is 3.88. The van der Waals surface area contributed by atoms with E-state index in [2.05, 4.69) is 33.2 Å². The lowest BCUT2D eigenvalue weighted by Gasteiger charge is -2.19. The number of unbranched alkanes of at least 4 members (excludes halogenated alkanes) is 1. The topological polar surface area (TPSA) is 104 Å². The predicted molar refractivity (Wildman–Crippen MR) is 121 cm³/mol. The molecule has 1 rings (SSSR count). The first-order valence-corrected chi connectivity index (χ1v) is 10.6. The molecule has 1 aromatic carbocycles. The van der Waals surface area contributed by atoms with E-state index in [1.54, 1.807) is 0 Å². The number of amides is 2. The van der Waals surface area contributed by atoms with Crippen LogP contribution >= 0.6 is 0 Å². The number of alkyl carbamates (subject to hydrolysis) is 1. The summed E-state index contributed by atoms with van der Waals surface area (Å²) in [7, 11) is 0. The fourth-order valence-electron chi connectivity index (χ4n) is 2.41. The number of nitrogens with zero attached hydrogens (tertiary/aromatic N) is 1. The molecule has 0 unspecified atom stereocenters. The lowest BCUT2D eigenvalue weighted by Crippen LogP contribution is -2.42. The number of aliphatic imine (C=N–C) groups is 1. The molecule has 0 saturated heterocycles. The molecule has 0 fully saturated rings. The van der Waals surface area contributed by atoms with Gasteiger partial charge in [0.2, 0.25) is 0 Å². The normalized spacial score (nSPS) is 11.6. The molecule has 0 aromatic heterocycles. The van der Waals surface area contributed by atoms with Gasteiger partial charge in [-0.1, -0.05) is 25.5 Å². The first-order valence-electron chi connectivity index (χ1n) is 10.6. The Morgan fingerprint density at radius 3 is 2.20 bits per heavy atom. The van der Waals surface area contributed by atoms with E-state index in [4.69, 9.17) is 4.74 Å². The summed E-state index contributed by atoms with van der Waals surface area (Å²) in [6.45, 7) is 12.4. The van der Waals surface area contributed by atoms with Crippen molar-refractivity contribution >= 4 is 18.0 Å². The second-order valence-electron chi connectivity index (χ2n) is 7.86. The van der Waals surface area contributed by atoms with Crippen LogP contribution in [0.1, 0.15) is 63.4 Å². The van der Waals surface area contributed by atoms with Gasteiger partial charge in [0.25, 0.3) is 5.91 Å². The summed E-state index contributed by atoms with van der Waals surface area (Å²) >= 11 is 0. The Balaban J connectivity index is 2.48. The fourth-order valence-corrected chi connectivity index (χ4v) is 2.41. The zero-order valence-electron chi connectivity index (χ0n) is 18.9. The van der Waals surface area contributed by atoms with Crippen molar-refractivity contribution in [3.05, 3.63) is 35.4 Å². The number of carbonyl (C=O) groups excluding carboxylic acids is 2. The summed E-state index contributed by atoms with van der Waals surface area (Å²) in [5.41, 5.74) is 1.14. The number of benzene rings is 1. The van der Waals surface area contributed by atoms with E-state index < -0.39 is 11.7 Å². The van der Waals surface area contributed by atoms with Crippen LogP contribution < -0.4 is 21.3 Å². The molecule has 2 amide bonds. The molecule has 168 valence electrons. The average molecular weight is 420 g/mol. The van der Waals surface area contributed by atoms with Gasteiger partial charge in [-0.2, -0.15) is 0 Å². The lowest BCUT2D eigenvalue weighted by molar-refractivity contribution is 0.0528. The van der Waals surface area contributed by atoms with Gasteiger partial charge >= 0.3 is 6.09 Å². The van der Waals surface area contributed by atoms with Crippen LogP contribution in [0, 0.1) is 0 Å². The number of ether oxygens (including phenoxy) is 1. The van der Waals surface area contributed by atoms with Gasteiger partial charge in [-0.05, 0) is 51.8 Å². The van der Waals surface area contributed by atoms with E-state index in [-0.39, 0.29) is 5.91 Å². The summed E-state index contributed by atoms with van der Waals surface area (Å²) in [6, 6.07) is 7.45. The van der Waals surface area contributed by atoms with Crippen molar-refractivity contribution in [3.63, 3.8) is 0 Å². The van der Waals surface area contributed by atoms with E-state index in [9.17, 15) is 9.59 Å². The molecular formula is C22H37N5O3. The van der Waals surface area contributed by atoms with Crippen molar-refractivity contribution in [2.24, 2.45) is 4.99 Å². The second kappa shape index (κ2) is 13.5. The average Bonchev–Trinajstić information content (AvgIpc) is 2.68. The molecule has 0 atom stereocenters. The molecule has 0 saturated carbocycles. The van der Waals surface area contributed by atoms with E-state index in [0.717, 1.165) is 24.9 Å². The van der Waals surface area contributed by atoms with E-state index in [0.29, 0.717) is 37.7 Å². The van der Waals surface area contributed by atoms with Gasteiger partial charge in [0.05, 0.1) is 6.54 Å². The number of hydrogen-bond donors (Lipinski definition) is 4. The summed E-state index contributed by atoms with van der Waals surface area (Å²) < 4.78 is 5.20. The highest BCUT2D eigenvalue weighted by atomic mass is 16.6. The minimum Gasteiger partial charge on any atom is -0.444 e. The van der Waals surface area contributed by atoms with E-state index in [1.807, 2.05) is 52.0 Å². The smallest absolute Gasteiger partial charge is 0.407 e. The van der Waals surface area contributed by atoms with Gasteiger partial charge in [-0.15, -0.1) is 0 Å². The Kier molecular flexibility index (Phi) is 11.3. The minimum atomic E-state index is -0.514. The summed E-state index contributed by atoms with van der Waals surface area (Å²) in [5.74, 6) is 0.607. The lowest BCUT2D eigenvalue weighted by atomic mass is 10.1. The van der Waals surface area contributed by atoms with Gasteiger partial charge in [0.1, 0.15) is 5.60 Å². The Morgan fingerprint density at radius 2 is 1.60 bits per heavy atom. The van der Waals surface area contributed by atoms with Crippen LogP contribution in [-0.2, 0) is 11.3 Å². The zero-order valence-corrected chi connectivity index (χ0v) is 18.9. The fraction of sp³-hybridized carbons (Fsp3) is 0.591. The summed E-state index contributed by atoms with van der Waals surface area (Å²) in [4.78, 5) is 28.3. The SMILES string of the molecule is CCCCNC(=O)c1ccc(CN=C(NCC)NCCNC(=O)OC(C)(C)C)cc1. The molecule has 8 nitrogen and oxygen atoms in total. The zero-order chi connectivity index (χ0) is 22.4. The minimum absolute atomic E-state index is 0.0500. The van der Waals surface area contributed by atoms with Crippen LogP contribution in [0.4, 0.5) is 4.79 Å². The number of rotatable bonds is 10. The van der Waals surface area contributed by atoms with Crippen molar-refractivity contribution in [1.29, 1.82) is 0 Å². The number of carbonyl (C=O) groups is 2. The molecule has 1 aromatic rings. The van der Waals surface area contributed by atoms with Gasteiger partial charge in [0.15, 0.2) is 5.96 Å². The molecule has 0 aliphatic carbocycles. The Bertz CT molecular complexity index is 681. The van der Waals surface area contributed by atoms with Crippen molar-refractivity contribution in [1.82, 2.24) is 21.3 Å². The summed E-state index contributed by atoms with van der Waals surface area (Å²) in [6.07, 6.45) is 1.59. The van der Waals surface area contributed by atoms with E-state index >= 15 is 0 Å². The van der Waals surface area contributed by atoms with E-state index in [1.165, 1.54) is 0 Å². The van der Waals surface area contributed by atoms with Crippen LogP contribution in [-0.4, -0.2) is 49.7 Å². The molecule has 0 radical (unpaired) electrons. The first kappa shape index (κ1) is 25.3. The van der Waals surface area contributed by atoms with Gasteiger partial charge < -0.3 is 26.0 Å². The van der Waals surface area contributed by atoms with Crippen molar-refractivity contribution in [2.45, 2.75) is 59.6 Å². The predicted octanol–water partition coefficient (Wildman–Crippen LogP) is 2.80. The maximum absolute atomic E-state index is 12.1. The van der Waals surface area contributed by atoms with Crippen LogP contribution in [0.25, 0.3) is 0 Å². The Morgan fingerprint density at radius 1 is 0.933 bits per heavy atom. The highest BCUT2D eigenvalue weighted by Gasteiger charge is 2.15. The first-order chi connectivity index (χ1) is 14.2. The van der Waals surface area contributed by atoms with Gasteiger partial charge in [-0.3, -0.25) is 4.79 Å². The van der Waals surface area contributed by atoms with Crippen molar-refractivity contribution < 1.29 is 14.3 Å². The highest BCUT2D eigenvalue weighted by molar-refractivity contribution is 5.94. The molecule has 0 aliphatic heterocycles. The third kappa shape index (κ3) is 11.3. The second-order valence-corrected chi connectivity index (χ2v) is 7.86. The molecule has 0 heterocycles. The monoisotopic (exact) mass is 419 g/mol. The van der Waals surface area contributed by atoms with Crippen molar-refractivity contribution in [3.8, 4) is 0 Å². The van der Waals surface area contributed by atoms with Crippen LogP contribution in [0.2, 0.25) is 0 Å². The van der Waals surface area contributed by atoms with Crippen LogP contribution in [0.3, 0.4) is 0 Å². The largest absolute Gasteiger partial charge is 0.444 e. The van der Waals surface area contributed by atoms with Crippen molar-refractivity contribution in [2.75, 3.05) is 26.2 Å². The number of nitrogens with one attached hydrogen (secondary N) is 4. The summed E-state index contributed by atoms with van der Waals surface area (Å²) in [5, 5.41) is 12.0. The Hall–Kier alpha value is -2.77. The van der Waals surface area contributed by atoms with Crippen LogP contribution in [0.15, 0.2) is 29.3 Å². The number of guanidine groups is 1. The molecule has 8 heteroatoms. The third-order valence-corrected chi connectivity index (χ3v) is 3.88. The number of hydrogen-bond acceptors (Lipinski definition) is 4. The maximum atomic E-state index is 12.1. The molecule has 0 bridgehead atoms. The molecule has 0 spiro atoms. The highest BCUT2D eigenvalue weighted by Crippen LogP contribution is 2.07. The molecule has 0 aliphatic rings. The quantitative estimate of drug-likeness (QED) is 0.265.